The van der Waals surface area contributed by atoms with Gasteiger partial charge in [0.1, 0.15) is 5.69 Å². The maximum atomic E-state index is 13.7. The second-order valence-electron chi connectivity index (χ2n) is 3.76. The van der Waals surface area contributed by atoms with Crippen LogP contribution < -0.4 is 4.90 Å². The van der Waals surface area contributed by atoms with Crippen molar-refractivity contribution in [3.8, 4) is 11.3 Å². The highest BCUT2D eigenvalue weighted by Crippen LogP contribution is 2.24. The molecular weight excluding hydrogens is 262 g/mol. The molecule has 0 atom stereocenters. The van der Waals surface area contributed by atoms with Crippen molar-refractivity contribution in [3.05, 3.63) is 35.4 Å². The van der Waals surface area contributed by atoms with Gasteiger partial charge in [-0.05, 0) is 17.7 Å². The monoisotopic (exact) mass is 270 g/mol. The molecule has 0 radical (unpaired) electrons. The summed E-state index contributed by atoms with van der Waals surface area (Å²) in [6, 6.07) is 1.16. The fourth-order valence-corrected chi connectivity index (χ4v) is 1.57. The molecule has 94 valence electrons. The maximum Gasteiger partial charge on any atom is 0.223 e. The lowest BCUT2D eigenvalue weighted by Gasteiger charge is -2.12. The Hall–Kier alpha value is -1.82. The SMILES string of the molecule is CN(C)c1ncc(-c2nc(Cl)ncc2F)cc1F. The van der Waals surface area contributed by atoms with Gasteiger partial charge in [-0.2, -0.15) is 0 Å². The quantitative estimate of drug-likeness (QED) is 0.787. The van der Waals surface area contributed by atoms with Crippen LogP contribution in [0.2, 0.25) is 5.28 Å². The zero-order chi connectivity index (χ0) is 13.3. The Morgan fingerprint density at radius 1 is 1.11 bits per heavy atom. The Balaban J connectivity index is 2.52. The van der Waals surface area contributed by atoms with Gasteiger partial charge in [0.15, 0.2) is 17.5 Å². The van der Waals surface area contributed by atoms with Crippen molar-refractivity contribution < 1.29 is 8.78 Å². The number of rotatable bonds is 2. The Kier molecular flexibility index (Phi) is 3.38. The summed E-state index contributed by atoms with van der Waals surface area (Å²) >= 11 is 5.58. The summed E-state index contributed by atoms with van der Waals surface area (Å²) in [5.41, 5.74) is 0.131. The van der Waals surface area contributed by atoms with E-state index in [2.05, 4.69) is 15.0 Å². The van der Waals surface area contributed by atoms with Crippen LogP contribution in [0, 0.1) is 11.6 Å². The van der Waals surface area contributed by atoms with Gasteiger partial charge in [-0.25, -0.2) is 23.7 Å². The van der Waals surface area contributed by atoms with E-state index >= 15 is 0 Å². The average Bonchev–Trinajstić information content (AvgIpc) is 2.31. The third-order valence-corrected chi connectivity index (χ3v) is 2.42. The molecule has 0 aromatic carbocycles. The van der Waals surface area contributed by atoms with Gasteiger partial charge >= 0.3 is 0 Å². The number of nitrogens with zero attached hydrogens (tertiary/aromatic N) is 4. The van der Waals surface area contributed by atoms with Gasteiger partial charge < -0.3 is 4.90 Å². The number of aromatic nitrogens is 3. The summed E-state index contributed by atoms with van der Waals surface area (Å²) in [7, 11) is 3.32. The number of hydrogen-bond donors (Lipinski definition) is 0. The van der Waals surface area contributed by atoms with E-state index < -0.39 is 11.6 Å². The number of halogens is 3. The largest absolute Gasteiger partial charge is 0.360 e. The van der Waals surface area contributed by atoms with Crippen molar-refractivity contribution in [3.63, 3.8) is 0 Å². The molecule has 0 spiro atoms. The molecule has 0 bridgehead atoms. The van der Waals surface area contributed by atoms with Gasteiger partial charge in [0, 0.05) is 25.9 Å². The highest BCUT2D eigenvalue weighted by atomic mass is 35.5. The minimum absolute atomic E-state index is 0.0771. The summed E-state index contributed by atoms with van der Waals surface area (Å²) in [4.78, 5) is 12.6. The van der Waals surface area contributed by atoms with Crippen molar-refractivity contribution in [2.45, 2.75) is 0 Å². The van der Waals surface area contributed by atoms with Crippen LogP contribution in [0.3, 0.4) is 0 Å². The fraction of sp³-hybridized carbons (Fsp3) is 0.182. The van der Waals surface area contributed by atoms with Gasteiger partial charge in [0.25, 0.3) is 0 Å². The molecule has 18 heavy (non-hydrogen) atoms. The Morgan fingerprint density at radius 2 is 1.83 bits per heavy atom. The molecule has 0 aliphatic rings. The summed E-state index contributed by atoms with van der Waals surface area (Å²) in [6.45, 7) is 0. The molecule has 7 heteroatoms. The molecule has 0 amide bonds. The Morgan fingerprint density at radius 3 is 2.44 bits per heavy atom. The molecule has 4 nitrogen and oxygen atoms in total. The second kappa shape index (κ2) is 4.81. The van der Waals surface area contributed by atoms with E-state index in [1.54, 1.807) is 14.1 Å². The average molecular weight is 271 g/mol. The van der Waals surface area contributed by atoms with Crippen molar-refractivity contribution in [2.75, 3.05) is 19.0 Å². The Labute approximate surface area is 107 Å². The van der Waals surface area contributed by atoms with Crippen molar-refractivity contribution in [1.82, 2.24) is 15.0 Å². The van der Waals surface area contributed by atoms with Crippen molar-refractivity contribution >= 4 is 17.4 Å². The number of anilines is 1. The van der Waals surface area contributed by atoms with Crippen LogP contribution in [0.25, 0.3) is 11.3 Å². The Bertz CT molecular complexity index is 589. The van der Waals surface area contributed by atoms with E-state index in [1.165, 1.54) is 11.1 Å². The molecule has 2 heterocycles. The lowest BCUT2D eigenvalue weighted by Crippen LogP contribution is -2.12. The zero-order valence-corrected chi connectivity index (χ0v) is 10.4. The standard InChI is InChI=1S/C11H9ClF2N4/c1-18(2)10-7(13)3-6(4-15-10)9-8(14)5-16-11(12)17-9/h3-5H,1-2H3. The number of pyridine rings is 1. The highest BCUT2D eigenvalue weighted by Gasteiger charge is 2.13. The molecule has 0 unspecified atom stereocenters. The van der Waals surface area contributed by atoms with Crippen LogP contribution >= 0.6 is 11.6 Å². The van der Waals surface area contributed by atoms with Gasteiger partial charge in [-0.1, -0.05) is 0 Å². The minimum atomic E-state index is -0.682. The topological polar surface area (TPSA) is 41.9 Å². The first-order valence-electron chi connectivity index (χ1n) is 5.00. The predicted molar refractivity (Wildman–Crippen MR) is 64.5 cm³/mol. The van der Waals surface area contributed by atoms with Gasteiger partial charge in [0.05, 0.1) is 6.20 Å². The van der Waals surface area contributed by atoms with E-state index in [0.717, 1.165) is 12.3 Å². The van der Waals surface area contributed by atoms with E-state index in [1.807, 2.05) is 0 Å². The molecule has 0 aliphatic carbocycles. The zero-order valence-electron chi connectivity index (χ0n) is 9.65. The molecular formula is C11H9ClF2N4. The van der Waals surface area contributed by atoms with E-state index in [4.69, 9.17) is 11.6 Å². The molecule has 0 N–H and O–H groups in total. The molecule has 0 aliphatic heterocycles. The highest BCUT2D eigenvalue weighted by molar-refractivity contribution is 6.28. The van der Waals surface area contributed by atoms with Gasteiger partial charge in [-0.3, -0.25) is 0 Å². The van der Waals surface area contributed by atoms with E-state index in [-0.39, 0.29) is 22.4 Å². The van der Waals surface area contributed by atoms with Crippen molar-refractivity contribution in [1.29, 1.82) is 0 Å². The molecule has 2 aromatic rings. The third-order valence-electron chi connectivity index (χ3n) is 2.23. The number of hydrogen-bond acceptors (Lipinski definition) is 4. The lowest BCUT2D eigenvalue weighted by atomic mass is 10.2. The van der Waals surface area contributed by atoms with Crippen LogP contribution in [0.4, 0.5) is 14.6 Å². The summed E-state index contributed by atoms with van der Waals surface area (Å²) in [6.07, 6.45) is 2.27. The first kappa shape index (κ1) is 12.6. The second-order valence-corrected chi connectivity index (χ2v) is 4.10. The van der Waals surface area contributed by atoms with Gasteiger partial charge in [0.2, 0.25) is 5.28 Å². The molecule has 0 fully saturated rings. The summed E-state index contributed by atoms with van der Waals surface area (Å²) in [5, 5.41) is -0.108. The summed E-state index contributed by atoms with van der Waals surface area (Å²) in [5.74, 6) is -1.08. The van der Waals surface area contributed by atoms with Crippen LogP contribution in [0.1, 0.15) is 0 Å². The third kappa shape index (κ3) is 2.38. The lowest BCUT2D eigenvalue weighted by molar-refractivity contribution is 0.612. The predicted octanol–water partition coefficient (Wildman–Crippen LogP) is 2.54. The van der Waals surface area contributed by atoms with E-state index in [0.29, 0.717) is 0 Å². The van der Waals surface area contributed by atoms with Crippen LogP contribution in [0.5, 0.6) is 0 Å². The van der Waals surface area contributed by atoms with Gasteiger partial charge in [-0.15, -0.1) is 0 Å². The van der Waals surface area contributed by atoms with Crippen LogP contribution in [0.15, 0.2) is 18.5 Å². The first-order valence-corrected chi connectivity index (χ1v) is 5.38. The fourth-order valence-electron chi connectivity index (χ4n) is 1.44. The smallest absolute Gasteiger partial charge is 0.223 e. The van der Waals surface area contributed by atoms with Crippen LogP contribution in [-0.4, -0.2) is 29.0 Å². The summed E-state index contributed by atoms with van der Waals surface area (Å²) < 4.78 is 27.2. The molecule has 2 aromatic heterocycles. The molecule has 2 rings (SSSR count). The molecule has 0 saturated heterocycles. The first-order chi connectivity index (χ1) is 8.49. The van der Waals surface area contributed by atoms with E-state index in [9.17, 15) is 8.78 Å². The van der Waals surface area contributed by atoms with Crippen molar-refractivity contribution in [2.24, 2.45) is 0 Å². The minimum Gasteiger partial charge on any atom is -0.360 e. The van der Waals surface area contributed by atoms with Crippen LogP contribution in [-0.2, 0) is 0 Å². The molecule has 0 saturated carbocycles. The normalized spacial score (nSPS) is 10.5. The maximum absolute atomic E-state index is 13.7.